The Morgan fingerprint density at radius 2 is 2.03 bits per heavy atom. The minimum Gasteiger partial charge on any atom is -0.491 e. The quantitative estimate of drug-likeness (QED) is 0.178. The highest BCUT2D eigenvalue weighted by atomic mass is 127. The highest BCUT2D eigenvalue weighted by Gasteiger charge is 2.11. The van der Waals surface area contributed by atoms with Crippen LogP contribution in [-0.2, 0) is 11.3 Å². The predicted molar refractivity (Wildman–Crippen MR) is 131 cm³/mol. The number of rotatable bonds is 10. The molecule has 29 heavy (non-hydrogen) atoms. The van der Waals surface area contributed by atoms with Crippen molar-refractivity contribution in [2.45, 2.75) is 26.5 Å². The molecule has 162 valence electrons. The minimum absolute atomic E-state index is 0. The fourth-order valence-corrected chi connectivity index (χ4v) is 3.52. The molecule has 0 spiro atoms. The molecule has 0 saturated heterocycles. The van der Waals surface area contributed by atoms with Gasteiger partial charge >= 0.3 is 0 Å². The third-order valence-corrected chi connectivity index (χ3v) is 5.24. The SMILES string of the molecule is CCNC(=NCc1ccc(C)cc1OCCOC)NCC(O)c1ccc(Cl)s1.I. The lowest BCUT2D eigenvalue weighted by Gasteiger charge is -2.15. The van der Waals surface area contributed by atoms with Crippen LogP contribution in [0.25, 0.3) is 0 Å². The smallest absolute Gasteiger partial charge is 0.191 e. The minimum atomic E-state index is -0.645. The van der Waals surface area contributed by atoms with Crippen LogP contribution >= 0.6 is 46.9 Å². The first-order valence-corrected chi connectivity index (χ1v) is 10.4. The lowest BCUT2D eigenvalue weighted by atomic mass is 10.1. The maximum Gasteiger partial charge on any atom is 0.191 e. The van der Waals surface area contributed by atoms with Crippen molar-refractivity contribution >= 4 is 52.9 Å². The van der Waals surface area contributed by atoms with Crippen LogP contribution in [0, 0.1) is 6.92 Å². The molecule has 0 aliphatic carbocycles. The third-order valence-electron chi connectivity index (χ3n) is 3.90. The van der Waals surface area contributed by atoms with Gasteiger partial charge in [-0.1, -0.05) is 23.7 Å². The van der Waals surface area contributed by atoms with Crippen LogP contribution in [0.3, 0.4) is 0 Å². The van der Waals surface area contributed by atoms with E-state index in [1.165, 1.54) is 11.3 Å². The molecule has 0 aliphatic heterocycles. The monoisotopic (exact) mass is 553 g/mol. The van der Waals surface area contributed by atoms with Crippen LogP contribution < -0.4 is 15.4 Å². The molecule has 1 unspecified atom stereocenters. The molecule has 3 N–H and O–H groups in total. The summed E-state index contributed by atoms with van der Waals surface area (Å²) >= 11 is 7.31. The van der Waals surface area contributed by atoms with Gasteiger partial charge in [-0.3, -0.25) is 0 Å². The summed E-state index contributed by atoms with van der Waals surface area (Å²) in [5, 5.41) is 16.7. The zero-order chi connectivity index (χ0) is 20.4. The number of nitrogens with zero attached hydrogens (tertiary/aromatic N) is 1. The van der Waals surface area contributed by atoms with Gasteiger partial charge in [-0.25, -0.2) is 4.99 Å². The van der Waals surface area contributed by atoms with Crippen molar-refractivity contribution < 1.29 is 14.6 Å². The van der Waals surface area contributed by atoms with Crippen molar-refractivity contribution in [2.75, 3.05) is 33.4 Å². The van der Waals surface area contributed by atoms with Crippen molar-refractivity contribution in [1.29, 1.82) is 0 Å². The molecular weight excluding hydrogens is 525 g/mol. The van der Waals surface area contributed by atoms with E-state index in [0.717, 1.165) is 28.3 Å². The van der Waals surface area contributed by atoms with Gasteiger partial charge in [0.05, 0.1) is 17.5 Å². The number of nitrogens with one attached hydrogen (secondary N) is 2. The van der Waals surface area contributed by atoms with Crippen molar-refractivity contribution in [1.82, 2.24) is 10.6 Å². The zero-order valence-electron chi connectivity index (χ0n) is 16.9. The average molecular weight is 554 g/mol. The Morgan fingerprint density at radius 1 is 1.24 bits per heavy atom. The number of hydrogen-bond donors (Lipinski definition) is 3. The molecule has 0 saturated carbocycles. The Labute approximate surface area is 198 Å². The van der Waals surface area contributed by atoms with E-state index in [2.05, 4.69) is 15.6 Å². The van der Waals surface area contributed by atoms with E-state index >= 15 is 0 Å². The van der Waals surface area contributed by atoms with E-state index < -0.39 is 6.10 Å². The van der Waals surface area contributed by atoms with E-state index in [9.17, 15) is 5.11 Å². The van der Waals surface area contributed by atoms with Crippen LogP contribution in [0.15, 0.2) is 35.3 Å². The average Bonchev–Trinajstić information content (AvgIpc) is 3.11. The second-order valence-electron chi connectivity index (χ2n) is 6.19. The summed E-state index contributed by atoms with van der Waals surface area (Å²) in [6, 6.07) is 9.68. The number of halogens is 2. The molecule has 6 nitrogen and oxygen atoms in total. The van der Waals surface area contributed by atoms with E-state index in [1.807, 2.05) is 38.1 Å². The first-order valence-electron chi connectivity index (χ1n) is 9.20. The molecule has 0 aliphatic rings. The summed E-state index contributed by atoms with van der Waals surface area (Å²) in [5.41, 5.74) is 2.12. The van der Waals surface area contributed by atoms with Gasteiger partial charge in [-0.2, -0.15) is 0 Å². The fourth-order valence-electron chi connectivity index (χ4n) is 2.47. The molecule has 0 fully saturated rings. The lowest BCUT2D eigenvalue weighted by molar-refractivity contribution is 0.145. The molecule has 0 bridgehead atoms. The van der Waals surface area contributed by atoms with Crippen molar-refractivity contribution in [3.05, 3.63) is 50.7 Å². The summed E-state index contributed by atoms with van der Waals surface area (Å²) in [5.74, 6) is 1.44. The highest BCUT2D eigenvalue weighted by molar-refractivity contribution is 14.0. The number of aliphatic hydroxyl groups is 1. The highest BCUT2D eigenvalue weighted by Crippen LogP contribution is 2.26. The normalized spacial score (nSPS) is 12.2. The summed E-state index contributed by atoms with van der Waals surface area (Å²) in [6.45, 7) is 6.57. The van der Waals surface area contributed by atoms with Gasteiger partial charge in [0.25, 0.3) is 0 Å². The van der Waals surface area contributed by atoms with Gasteiger partial charge in [0, 0.05) is 30.6 Å². The van der Waals surface area contributed by atoms with Gasteiger partial charge in [0.1, 0.15) is 18.5 Å². The molecule has 2 aromatic rings. The summed E-state index contributed by atoms with van der Waals surface area (Å²) < 4.78 is 11.5. The number of ether oxygens (including phenoxy) is 2. The number of aryl methyl sites for hydroxylation is 1. The Balaban J connectivity index is 0.00000420. The topological polar surface area (TPSA) is 75.1 Å². The van der Waals surface area contributed by atoms with Crippen LogP contribution in [0.2, 0.25) is 4.34 Å². The van der Waals surface area contributed by atoms with E-state index in [1.54, 1.807) is 13.2 Å². The number of thiophene rings is 1. The number of benzene rings is 1. The Hall–Kier alpha value is -1.07. The van der Waals surface area contributed by atoms with Crippen molar-refractivity contribution in [2.24, 2.45) is 4.99 Å². The number of aliphatic hydroxyl groups excluding tert-OH is 1. The van der Waals surface area contributed by atoms with Crippen LogP contribution in [0.1, 0.15) is 29.0 Å². The fraction of sp³-hybridized carbons (Fsp3) is 0.450. The molecule has 2 rings (SSSR count). The first-order chi connectivity index (χ1) is 13.5. The third kappa shape index (κ3) is 9.08. The van der Waals surface area contributed by atoms with Gasteiger partial charge < -0.3 is 25.2 Å². The number of aliphatic imine (C=N–C) groups is 1. The standard InChI is InChI=1S/C20H28ClN3O3S.HI/c1-4-22-20(24-13-16(25)18-7-8-19(21)28-18)23-12-15-6-5-14(2)11-17(15)27-10-9-26-3;/h5-8,11,16,25H,4,9-10,12-13H2,1-3H3,(H2,22,23,24);1H. The summed E-state index contributed by atoms with van der Waals surface area (Å²) in [6.07, 6.45) is -0.645. The Kier molecular flexibility index (Phi) is 12.6. The number of methoxy groups -OCH3 is 1. The molecular formula is C20H29ClIN3O3S. The van der Waals surface area contributed by atoms with E-state index in [-0.39, 0.29) is 24.0 Å². The van der Waals surface area contributed by atoms with Crippen LogP contribution in [0.4, 0.5) is 0 Å². The number of hydrogen-bond acceptors (Lipinski definition) is 5. The van der Waals surface area contributed by atoms with Gasteiger partial charge in [-0.05, 0) is 37.6 Å². The first kappa shape index (κ1) is 26.0. The van der Waals surface area contributed by atoms with Crippen molar-refractivity contribution in [3.63, 3.8) is 0 Å². The second-order valence-corrected chi connectivity index (χ2v) is 7.93. The summed E-state index contributed by atoms with van der Waals surface area (Å²) in [4.78, 5) is 5.44. The maximum absolute atomic E-state index is 10.3. The largest absolute Gasteiger partial charge is 0.491 e. The molecule has 0 amide bonds. The summed E-state index contributed by atoms with van der Waals surface area (Å²) in [7, 11) is 1.65. The van der Waals surface area contributed by atoms with E-state index in [4.69, 9.17) is 21.1 Å². The van der Waals surface area contributed by atoms with E-state index in [0.29, 0.717) is 36.6 Å². The molecule has 0 radical (unpaired) electrons. The molecule has 1 atom stereocenters. The molecule has 9 heteroatoms. The van der Waals surface area contributed by atoms with Gasteiger partial charge in [0.15, 0.2) is 5.96 Å². The molecule has 1 heterocycles. The zero-order valence-corrected chi connectivity index (χ0v) is 20.8. The molecule has 1 aromatic heterocycles. The lowest BCUT2D eigenvalue weighted by Crippen LogP contribution is -2.39. The maximum atomic E-state index is 10.3. The van der Waals surface area contributed by atoms with Crippen LogP contribution in [-0.4, -0.2) is 44.5 Å². The predicted octanol–water partition coefficient (Wildman–Crippen LogP) is 4.14. The van der Waals surface area contributed by atoms with Crippen molar-refractivity contribution in [3.8, 4) is 5.75 Å². The van der Waals surface area contributed by atoms with Gasteiger partial charge in [0.2, 0.25) is 0 Å². The Bertz CT molecular complexity index is 773. The van der Waals surface area contributed by atoms with Crippen LogP contribution in [0.5, 0.6) is 5.75 Å². The second kappa shape index (κ2) is 14.0. The Morgan fingerprint density at radius 3 is 2.69 bits per heavy atom. The number of guanidine groups is 1. The molecule has 1 aromatic carbocycles. The van der Waals surface area contributed by atoms with Gasteiger partial charge in [-0.15, -0.1) is 35.3 Å².